The fraction of sp³-hybridized carbons (Fsp3) is 0.364. The molecule has 0 amide bonds. The van der Waals surface area contributed by atoms with Crippen molar-refractivity contribution in [1.29, 1.82) is 0 Å². The molecule has 0 aliphatic rings. The molecule has 0 fully saturated rings. The van der Waals surface area contributed by atoms with Gasteiger partial charge < -0.3 is 10.1 Å². The molecule has 1 rings (SSSR count). The number of hydrogen-bond acceptors (Lipinski definition) is 3. The molecular weight excluding hydrogens is 212 g/mol. The van der Waals surface area contributed by atoms with Crippen LogP contribution < -0.4 is 10.1 Å². The molecule has 3 nitrogen and oxygen atoms in total. The minimum atomic E-state index is 0.594. The first-order chi connectivity index (χ1) is 7.27. The Morgan fingerprint density at radius 2 is 2.40 bits per heavy atom. The van der Waals surface area contributed by atoms with E-state index >= 15 is 0 Å². The van der Waals surface area contributed by atoms with Crippen LogP contribution in [-0.4, -0.2) is 18.6 Å². The summed E-state index contributed by atoms with van der Waals surface area (Å²) in [5, 5.41) is 3.65. The molecule has 0 unspecified atom stereocenters. The Balaban J connectivity index is 2.64. The van der Waals surface area contributed by atoms with Crippen LogP contribution in [0.25, 0.3) is 0 Å². The van der Waals surface area contributed by atoms with E-state index in [-0.39, 0.29) is 0 Å². The van der Waals surface area contributed by atoms with Gasteiger partial charge in [0.25, 0.3) is 0 Å². The third-order valence-corrected chi connectivity index (χ3v) is 2.15. The Morgan fingerprint density at radius 3 is 3.07 bits per heavy atom. The number of nitrogens with one attached hydrogen (secondary N) is 1. The predicted octanol–water partition coefficient (Wildman–Crippen LogP) is 2.41. The lowest BCUT2D eigenvalue weighted by molar-refractivity contribution is 0.311. The highest BCUT2D eigenvalue weighted by Crippen LogP contribution is 2.17. The van der Waals surface area contributed by atoms with E-state index in [0.717, 1.165) is 12.1 Å². The molecule has 1 aromatic heterocycles. The summed E-state index contributed by atoms with van der Waals surface area (Å²) < 4.78 is 5.42. The van der Waals surface area contributed by atoms with Gasteiger partial charge in [-0.25, -0.2) is 4.98 Å². The number of halogens is 1. The highest BCUT2D eigenvalue weighted by Gasteiger charge is 2.03. The highest BCUT2D eigenvalue weighted by atomic mass is 35.5. The first kappa shape index (κ1) is 12.0. The van der Waals surface area contributed by atoms with Crippen molar-refractivity contribution in [2.45, 2.75) is 13.0 Å². The summed E-state index contributed by atoms with van der Waals surface area (Å²) in [6.45, 7) is 4.85. The molecule has 0 saturated carbocycles. The van der Waals surface area contributed by atoms with Crippen LogP contribution in [0, 0.1) is 0 Å². The number of nitrogens with zero attached hydrogens (tertiary/aromatic N) is 1. The quantitative estimate of drug-likeness (QED) is 0.598. The van der Waals surface area contributed by atoms with Crippen LogP contribution in [0.2, 0.25) is 5.02 Å². The minimum Gasteiger partial charge on any atom is -0.477 e. The van der Waals surface area contributed by atoms with Gasteiger partial charge in [-0.3, -0.25) is 0 Å². The lowest BCUT2D eigenvalue weighted by Gasteiger charge is -2.07. The Labute approximate surface area is 95.1 Å². The molecule has 0 bridgehead atoms. The maximum atomic E-state index is 5.96. The van der Waals surface area contributed by atoms with Crippen molar-refractivity contribution in [2.24, 2.45) is 0 Å². The third-order valence-electron chi connectivity index (χ3n) is 1.81. The largest absolute Gasteiger partial charge is 0.477 e. The van der Waals surface area contributed by atoms with Gasteiger partial charge in [-0.15, -0.1) is 6.58 Å². The van der Waals surface area contributed by atoms with Gasteiger partial charge in [0.1, 0.15) is 0 Å². The summed E-state index contributed by atoms with van der Waals surface area (Å²) in [6, 6.07) is 3.56. The lowest BCUT2D eigenvalue weighted by atomic mass is 10.3. The molecule has 0 radical (unpaired) electrons. The first-order valence-corrected chi connectivity index (χ1v) is 5.19. The zero-order valence-corrected chi connectivity index (χ0v) is 9.55. The molecule has 0 aliphatic carbocycles. The normalized spacial score (nSPS) is 10.0. The summed E-state index contributed by atoms with van der Waals surface area (Å²) in [5.41, 5.74) is 0.801. The fourth-order valence-electron chi connectivity index (χ4n) is 1.08. The second-order valence-corrected chi connectivity index (χ2v) is 3.44. The molecule has 1 N–H and O–H groups in total. The standard InChI is InChI=1S/C11H15ClN2O/c1-3-4-7-15-11-6-5-9(12)10(14-11)8-13-2/h3,5-6,13H,1,4,7-8H2,2H3. The molecule has 15 heavy (non-hydrogen) atoms. The average Bonchev–Trinajstić information content (AvgIpc) is 2.23. The van der Waals surface area contributed by atoms with E-state index in [2.05, 4.69) is 16.9 Å². The Morgan fingerprint density at radius 1 is 1.60 bits per heavy atom. The van der Waals surface area contributed by atoms with Crippen molar-refractivity contribution >= 4 is 11.6 Å². The van der Waals surface area contributed by atoms with Crippen molar-refractivity contribution in [1.82, 2.24) is 10.3 Å². The van der Waals surface area contributed by atoms with Crippen LogP contribution in [0.3, 0.4) is 0 Å². The van der Waals surface area contributed by atoms with Crippen LogP contribution in [0.5, 0.6) is 5.88 Å². The van der Waals surface area contributed by atoms with E-state index in [4.69, 9.17) is 16.3 Å². The molecule has 0 aliphatic heterocycles. The molecule has 4 heteroatoms. The first-order valence-electron chi connectivity index (χ1n) is 4.81. The lowest BCUT2D eigenvalue weighted by Crippen LogP contribution is -2.08. The number of hydrogen-bond donors (Lipinski definition) is 1. The van der Waals surface area contributed by atoms with E-state index in [9.17, 15) is 0 Å². The fourth-order valence-corrected chi connectivity index (χ4v) is 1.26. The summed E-state index contributed by atoms with van der Waals surface area (Å²) in [7, 11) is 1.85. The molecule has 0 aromatic carbocycles. The topological polar surface area (TPSA) is 34.1 Å². The smallest absolute Gasteiger partial charge is 0.213 e. The second kappa shape index (κ2) is 6.43. The Hall–Kier alpha value is -1.06. The van der Waals surface area contributed by atoms with Gasteiger partial charge >= 0.3 is 0 Å². The van der Waals surface area contributed by atoms with Gasteiger partial charge in [-0.1, -0.05) is 17.7 Å². The maximum Gasteiger partial charge on any atom is 0.213 e. The van der Waals surface area contributed by atoms with E-state index in [1.807, 2.05) is 13.1 Å². The zero-order chi connectivity index (χ0) is 11.1. The number of ether oxygens (including phenoxy) is 1. The van der Waals surface area contributed by atoms with Crippen LogP contribution in [0.15, 0.2) is 24.8 Å². The molecular formula is C11H15ClN2O. The van der Waals surface area contributed by atoms with Crippen LogP contribution in [-0.2, 0) is 6.54 Å². The number of aromatic nitrogens is 1. The average molecular weight is 227 g/mol. The third kappa shape index (κ3) is 3.90. The van der Waals surface area contributed by atoms with Crippen LogP contribution in [0.1, 0.15) is 12.1 Å². The van der Waals surface area contributed by atoms with Gasteiger partial charge in [0, 0.05) is 12.6 Å². The van der Waals surface area contributed by atoms with E-state index in [0.29, 0.717) is 24.1 Å². The van der Waals surface area contributed by atoms with Crippen molar-refractivity contribution in [3.05, 3.63) is 35.5 Å². The Bertz CT molecular complexity index is 328. The summed E-state index contributed by atoms with van der Waals surface area (Å²) >= 11 is 5.96. The molecule has 0 saturated heterocycles. The SMILES string of the molecule is C=CCCOc1ccc(Cl)c(CNC)n1. The zero-order valence-electron chi connectivity index (χ0n) is 8.79. The van der Waals surface area contributed by atoms with Gasteiger partial charge in [0.05, 0.1) is 17.3 Å². The van der Waals surface area contributed by atoms with Crippen molar-refractivity contribution in [2.75, 3.05) is 13.7 Å². The van der Waals surface area contributed by atoms with E-state index in [1.165, 1.54) is 0 Å². The van der Waals surface area contributed by atoms with Crippen molar-refractivity contribution in [3.8, 4) is 5.88 Å². The molecule has 0 atom stereocenters. The van der Waals surface area contributed by atoms with Gasteiger partial charge in [-0.05, 0) is 19.5 Å². The number of rotatable bonds is 6. The predicted molar refractivity (Wildman–Crippen MR) is 62.3 cm³/mol. The van der Waals surface area contributed by atoms with Crippen LogP contribution in [0.4, 0.5) is 0 Å². The summed E-state index contributed by atoms with van der Waals surface area (Å²) in [4.78, 5) is 4.28. The van der Waals surface area contributed by atoms with E-state index in [1.54, 1.807) is 12.1 Å². The van der Waals surface area contributed by atoms with Gasteiger partial charge in [0.2, 0.25) is 5.88 Å². The van der Waals surface area contributed by atoms with Gasteiger partial charge in [-0.2, -0.15) is 0 Å². The summed E-state index contributed by atoms with van der Waals surface area (Å²) in [5.74, 6) is 0.603. The summed E-state index contributed by atoms with van der Waals surface area (Å²) in [6.07, 6.45) is 2.62. The highest BCUT2D eigenvalue weighted by molar-refractivity contribution is 6.31. The van der Waals surface area contributed by atoms with Crippen molar-refractivity contribution in [3.63, 3.8) is 0 Å². The molecule has 82 valence electrons. The molecule has 0 spiro atoms. The monoisotopic (exact) mass is 226 g/mol. The van der Waals surface area contributed by atoms with E-state index < -0.39 is 0 Å². The molecule has 1 aromatic rings. The molecule has 1 heterocycles. The minimum absolute atomic E-state index is 0.594. The van der Waals surface area contributed by atoms with Crippen LogP contribution >= 0.6 is 11.6 Å². The van der Waals surface area contributed by atoms with Crippen molar-refractivity contribution < 1.29 is 4.74 Å². The second-order valence-electron chi connectivity index (χ2n) is 3.03. The number of pyridine rings is 1. The maximum absolute atomic E-state index is 5.96. The Kier molecular flexibility index (Phi) is 5.15. The van der Waals surface area contributed by atoms with Gasteiger partial charge in [0.15, 0.2) is 0 Å².